The summed E-state index contributed by atoms with van der Waals surface area (Å²) in [7, 11) is 0. The molecule has 3 aromatic rings. The van der Waals surface area contributed by atoms with Gasteiger partial charge in [0.2, 0.25) is 5.91 Å². The Morgan fingerprint density at radius 1 is 1.39 bits per heavy atom. The first-order valence-electron chi connectivity index (χ1n) is 9.51. The maximum Gasteiger partial charge on any atom is 0.233 e. The highest BCUT2D eigenvalue weighted by atomic mass is 32.2. The van der Waals surface area contributed by atoms with Crippen LogP contribution >= 0.6 is 11.8 Å². The molecule has 2 aromatic heterocycles. The Labute approximate surface area is 167 Å². The zero-order valence-electron chi connectivity index (χ0n) is 15.8. The Morgan fingerprint density at radius 2 is 2.21 bits per heavy atom. The van der Waals surface area contributed by atoms with Crippen LogP contribution < -0.4 is 0 Å². The van der Waals surface area contributed by atoms with Crippen molar-refractivity contribution in [3.63, 3.8) is 0 Å². The molecule has 1 aliphatic rings. The summed E-state index contributed by atoms with van der Waals surface area (Å²) in [5.74, 6) is 1.19. The first kappa shape index (κ1) is 18.6. The van der Waals surface area contributed by atoms with Crippen molar-refractivity contribution in [2.75, 3.05) is 18.8 Å². The van der Waals surface area contributed by atoms with Crippen LogP contribution in [-0.2, 0) is 4.79 Å². The minimum Gasteiger partial charge on any atom is -0.360 e. The van der Waals surface area contributed by atoms with Crippen molar-refractivity contribution in [1.29, 1.82) is 5.26 Å². The van der Waals surface area contributed by atoms with Crippen molar-refractivity contribution < 1.29 is 4.79 Å². The minimum absolute atomic E-state index is 0.0294. The van der Waals surface area contributed by atoms with Gasteiger partial charge in [-0.1, -0.05) is 30.0 Å². The molecule has 0 saturated heterocycles. The SMILES string of the molecule is CCN(CCC#N)C(=O)CSc1nnc(-c2c[nH]c3ccccc23)n1C1CC1. The van der Waals surface area contributed by atoms with Crippen LogP contribution in [0.15, 0.2) is 35.6 Å². The number of hydrogen-bond acceptors (Lipinski definition) is 5. The van der Waals surface area contributed by atoms with E-state index in [4.69, 9.17) is 5.26 Å². The molecule has 0 bridgehead atoms. The average molecular weight is 395 g/mol. The van der Waals surface area contributed by atoms with E-state index in [1.807, 2.05) is 31.3 Å². The molecular formula is C20H22N6OS. The fourth-order valence-corrected chi connectivity index (χ4v) is 4.25. The summed E-state index contributed by atoms with van der Waals surface area (Å²) in [5, 5.41) is 19.5. The van der Waals surface area contributed by atoms with Gasteiger partial charge in [-0.15, -0.1) is 10.2 Å². The van der Waals surface area contributed by atoms with Crippen molar-refractivity contribution in [2.24, 2.45) is 0 Å². The van der Waals surface area contributed by atoms with Gasteiger partial charge < -0.3 is 9.88 Å². The number of carbonyl (C=O) groups excluding carboxylic acids is 1. The van der Waals surface area contributed by atoms with E-state index in [1.54, 1.807) is 4.90 Å². The minimum atomic E-state index is 0.0294. The molecule has 0 unspecified atom stereocenters. The number of benzene rings is 1. The van der Waals surface area contributed by atoms with E-state index in [9.17, 15) is 4.79 Å². The number of thioether (sulfide) groups is 1. The van der Waals surface area contributed by atoms with Crippen molar-refractivity contribution in [3.8, 4) is 17.5 Å². The topological polar surface area (TPSA) is 90.6 Å². The number of fused-ring (bicyclic) bond motifs is 1. The highest BCUT2D eigenvalue weighted by molar-refractivity contribution is 7.99. The van der Waals surface area contributed by atoms with Crippen molar-refractivity contribution >= 4 is 28.6 Å². The first-order valence-corrected chi connectivity index (χ1v) is 10.5. The van der Waals surface area contributed by atoms with Crippen LogP contribution in [0.25, 0.3) is 22.3 Å². The number of H-pyrrole nitrogens is 1. The van der Waals surface area contributed by atoms with Gasteiger partial charge in [0.25, 0.3) is 0 Å². The molecule has 1 amide bonds. The number of rotatable bonds is 8. The fourth-order valence-electron chi connectivity index (χ4n) is 3.34. The molecular weight excluding hydrogens is 372 g/mol. The average Bonchev–Trinajstić information content (AvgIpc) is 3.33. The number of amides is 1. The number of nitrogens with one attached hydrogen (secondary N) is 1. The van der Waals surface area contributed by atoms with Crippen LogP contribution in [0.5, 0.6) is 0 Å². The molecule has 0 aliphatic heterocycles. The Hall–Kier alpha value is -2.79. The number of carbonyl (C=O) groups is 1. The van der Waals surface area contributed by atoms with Crippen LogP contribution in [-0.4, -0.2) is 49.4 Å². The summed E-state index contributed by atoms with van der Waals surface area (Å²) in [5.41, 5.74) is 2.11. The third-order valence-corrected chi connectivity index (χ3v) is 5.89. The number of hydrogen-bond donors (Lipinski definition) is 1. The molecule has 4 rings (SSSR count). The van der Waals surface area contributed by atoms with Gasteiger partial charge in [0, 0.05) is 41.8 Å². The van der Waals surface area contributed by atoms with Gasteiger partial charge in [-0.3, -0.25) is 9.36 Å². The highest BCUT2D eigenvalue weighted by Gasteiger charge is 2.31. The standard InChI is InChI=1S/C20H22N6OS/c1-2-25(11-5-10-21)18(27)13-28-20-24-23-19(26(20)14-8-9-14)16-12-22-17-7-4-3-6-15(16)17/h3-4,6-7,12,14,22H,2,5,8-9,11,13H2,1H3. The molecule has 0 spiro atoms. The van der Waals surface area contributed by atoms with Gasteiger partial charge in [0.1, 0.15) is 0 Å². The predicted octanol–water partition coefficient (Wildman–Crippen LogP) is 3.62. The summed E-state index contributed by atoms with van der Waals surface area (Å²) in [6.45, 7) is 3.01. The van der Waals surface area contributed by atoms with E-state index in [0.29, 0.717) is 31.3 Å². The number of aromatic nitrogens is 4. The van der Waals surface area contributed by atoms with Gasteiger partial charge in [-0.2, -0.15) is 5.26 Å². The van der Waals surface area contributed by atoms with Gasteiger partial charge >= 0.3 is 0 Å². The van der Waals surface area contributed by atoms with E-state index in [-0.39, 0.29) is 5.91 Å². The van der Waals surface area contributed by atoms with E-state index < -0.39 is 0 Å². The summed E-state index contributed by atoms with van der Waals surface area (Å²) < 4.78 is 2.18. The Kier molecular flexibility index (Phi) is 5.35. The normalized spacial score (nSPS) is 13.6. The van der Waals surface area contributed by atoms with Gasteiger partial charge in [0.05, 0.1) is 18.2 Å². The molecule has 1 aliphatic carbocycles. The molecule has 1 fully saturated rings. The van der Waals surface area contributed by atoms with Crippen LogP contribution in [0.1, 0.15) is 32.2 Å². The summed E-state index contributed by atoms with van der Waals surface area (Å²) in [6.07, 6.45) is 4.55. The second-order valence-corrected chi connectivity index (χ2v) is 7.77. The molecule has 0 atom stereocenters. The first-order chi connectivity index (χ1) is 13.7. The maximum atomic E-state index is 12.5. The van der Waals surface area contributed by atoms with Crippen molar-refractivity contribution in [2.45, 2.75) is 37.4 Å². The summed E-state index contributed by atoms with van der Waals surface area (Å²) in [6, 6.07) is 10.7. The lowest BCUT2D eigenvalue weighted by molar-refractivity contribution is -0.128. The molecule has 1 saturated carbocycles. The third-order valence-electron chi connectivity index (χ3n) is 4.96. The number of aromatic amines is 1. The molecule has 2 heterocycles. The molecule has 1 aromatic carbocycles. The lowest BCUT2D eigenvalue weighted by Gasteiger charge is -2.19. The van der Waals surface area contributed by atoms with Crippen molar-refractivity contribution in [1.82, 2.24) is 24.6 Å². The largest absolute Gasteiger partial charge is 0.360 e. The molecule has 1 N–H and O–H groups in total. The Balaban J connectivity index is 1.56. The van der Waals surface area contributed by atoms with Crippen LogP contribution in [0.3, 0.4) is 0 Å². The lowest BCUT2D eigenvalue weighted by Crippen LogP contribution is -2.33. The second-order valence-electron chi connectivity index (χ2n) is 6.83. The zero-order chi connectivity index (χ0) is 19.5. The smallest absolute Gasteiger partial charge is 0.233 e. The summed E-state index contributed by atoms with van der Waals surface area (Å²) in [4.78, 5) is 17.5. The van der Waals surface area contributed by atoms with Crippen LogP contribution in [0.4, 0.5) is 0 Å². The Morgan fingerprint density at radius 3 is 2.96 bits per heavy atom. The monoisotopic (exact) mass is 394 g/mol. The quantitative estimate of drug-likeness (QED) is 0.589. The van der Waals surface area contributed by atoms with E-state index in [1.165, 1.54) is 11.8 Å². The fraction of sp³-hybridized carbons (Fsp3) is 0.400. The molecule has 0 radical (unpaired) electrons. The molecule has 144 valence electrons. The third kappa shape index (κ3) is 3.62. The molecule has 7 nitrogen and oxygen atoms in total. The molecule has 28 heavy (non-hydrogen) atoms. The molecule has 8 heteroatoms. The van der Waals surface area contributed by atoms with E-state index >= 15 is 0 Å². The number of para-hydroxylation sites is 1. The van der Waals surface area contributed by atoms with Crippen LogP contribution in [0.2, 0.25) is 0 Å². The van der Waals surface area contributed by atoms with Crippen molar-refractivity contribution in [3.05, 3.63) is 30.5 Å². The van der Waals surface area contributed by atoms with Crippen LogP contribution in [0, 0.1) is 11.3 Å². The number of nitriles is 1. The predicted molar refractivity (Wildman–Crippen MR) is 109 cm³/mol. The summed E-state index contributed by atoms with van der Waals surface area (Å²) >= 11 is 1.43. The van der Waals surface area contributed by atoms with E-state index in [0.717, 1.165) is 40.3 Å². The Bertz CT molecular complexity index is 1030. The second kappa shape index (κ2) is 8.07. The van der Waals surface area contributed by atoms with Gasteiger partial charge in [0.15, 0.2) is 11.0 Å². The lowest BCUT2D eigenvalue weighted by atomic mass is 10.1. The number of nitrogens with zero attached hydrogens (tertiary/aromatic N) is 5. The maximum absolute atomic E-state index is 12.5. The van der Waals surface area contributed by atoms with Gasteiger partial charge in [-0.05, 0) is 25.8 Å². The van der Waals surface area contributed by atoms with E-state index in [2.05, 4.69) is 31.9 Å². The highest BCUT2D eigenvalue weighted by Crippen LogP contribution is 2.42. The van der Waals surface area contributed by atoms with Gasteiger partial charge in [-0.25, -0.2) is 0 Å². The zero-order valence-corrected chi connectivity index (χ0v) is 16.6.